The second-order valence-corrected chi connectivity index (χ2v) is 11.3. The van der Waals surface area contributed by atoms with Gasteiger partial charge in [-0.1, -0.05) is 60.7 Å². The molecule has 1 N–H and O–H groups in total. The zero-order valence-electron chi connectivity index (χ0n) is 24.7. The second-order valence-electron chi connectivity index (χ2n) is 10.4. The molecule has 1 saturated heterocycles. The lowest BCUT2D eigenvalue weighted by Gasteiger charge is -2.31. The standard InChI is InChI=1S/C34H37N3O5S/c1-40-29-15-14-27(30(41-2)31(29)42-3)34(39)37-20-17-25(18-21-37)33-36-28(22-43-33)32(38)35-19-16-26(23-10-6-4-7-11-23)24-12-8-5-9-13-24/h4-15,22,25-26H,16-21H2,1-3H3,(H,35,38). The van der Waals surface area contributed by atoms with E-state index in [0.717, 1.165) is 24.3 Å². The summed E-state index contributed by atoms with van der Waals surface area (Å²) in [6.07, 6.45) is 2.33. The van der Waals surface area contributed by atoms with Crippen LogP contribution in [0.15, 0.2) is 78.2 Å². The molecule has 0 atom stereocenters. The largest absolute Gasteiger partial charge is 0.493 e. The van der Waals surface area contributed by atoms with Crippen molar-refractivity contribution in [1.29, 1.82) is 0 Å². The van der Waals surface area contributed by atoms with Crippen LogP contribution < -0.4 is 19.5 Å². The Kier molecular flexibility index (Phi) is 9.94. The molecule has 1 fully saturated rings. The fourth-order valence-corrected chi connectivity index (χ4v) is 6.64. The predicted octanol–water partition coefficient (Wildman–Crippen LogP) is 6.14. The number of nitrogens with zero attached hydrogens (tertiary/aromatic N) is 2. The van der Waals surface area contributed by atoms with Gasteiger partial charge in [-0.15, -0.1) is 11.3 Å². The summed E-state index contributed by atoms with van der Waals surface area (Å²) in [6, 6.07) is 24.2. The van der Waals surface area contributed by atoms with Gasteiger partial charge in [0.15, 0.2) is 11.5 Å². The normalized spacial score (nSPS) is 13.5. The minimum absolute atomic E-state index is 0.111. The van der Waals surface area contributed by atoms with E-state index in [9.17, 15) is 9.59 Å². The molecule has 2 amide bonds. The molecule has 43 heavy (non-hydrogen) atoms. The van der Waals surface area contributed by atoms with Gasteiger partial charge in [0.25, 0.3) is 11.8 Å². The van der Waals surface area contributed by atoms with Crippen molar-refractivity contribution in [3.63, 3.8) is 0 Å². The Morgan fingerprint density at radius 2 is 1.51 bits per heavy atom. The van der Waals surface area contributed by atoms with E-state index in [1.807, 2.05) is 46.7 Å². The fourth-order valence-electron chi connectivity index (χ4n) is 5.67. The van der Waals surface area contributed by atoms with Gasteiger partial charge in [0.05, 0.1) is 31.9 Å². The summed E-state index contributed by atoms with van der Waals surface area (Å²) in [5.74, 6) is 1.39. The number of carbonyl (C=O) groups is 2. The molecule has 5 rings (SSSR count). The van der Waals surface area contributed by atoms with Crippen molar-refractivity contribution in [2.75, 3.05) is 41.0 Å². The Morgan fingerprint density at radius 3 is 2.09 bits per heavy atom. The average Bonchev–Trinajstić information content (AvgIpc) is 3.57. The van der Waals surface area contributed by atoms with Gasteiger partial charge in [-0.25, -0.2) is 4.98 Å². The van der Waals surface area contributed by atoms with Gasteiger partial charge < -0.3 is 24.4 Å². The van der Waals surface area contributed by atoms with E-state index in [2.05, 4.69) is 29.6 Å². The lowest BCUT2D eigenvalue weighted by atomic mass is 9.88. The van der Waals surface area contributed by atoms with E-state index in [4.69, 9.17) is 19.2 Å². The molecule has 4 aromatic rings. The van der Waals surface area contributed by atoms with Crippen LogP contribution in [-0.4, -0.2) is 62.7 Å². The van der Waals surface area contributed by atoms with Crippen molar-refractivity contribution in [3.05, 3.63) is 106 Å². The zero-order valence-corrected chi connectivity index (χ0v) is 25.6. The zero-order chi connectivity index (χ0) is 30.2. The molecule has 1 aliphatic rings. The SMILES string of the molecule is COc1ccc(C(=O)N2CCC(c3nc(C(=O)NCCC(c4ccccc4)c4ccccc4)cs3)CC2)c(OC)c1OC. The van der Waals surface area contributed by atoms with Crippen molar-refractivity contribution in [3.8, 4) is 17.2 Å². The molecule has 1 aromatic heterocycles. The molecule has 8 nitrogen and oxygen atoms in total. The highest BCUT2D eigenvalue weighted by Crippen LogP contribution is 2.41. The summed E-state index contributed by atoms with van der Waals surface area (Å²) in [6.45, 7) is 1.71. The summed E-state index contributed by atoms with van der Waals surface area (Å²) in [5.41, 5.74) is 3.35. The number of hydrogen-bond acceptors (Lipinski definition) is 7. The molecule has 3 aromatic carbocycles. The molecule has 0 saturated carbocycles. The first-order chi connectivity index (χ1) is 21.0. The number of carbonyl (C=O) groups excluding carboxylic acids is 2. The van der Waals surface area contributed by atoms with Crippen molar-refractivity contribution < 1.29 is 23.8 Å². The van der Waals surface area contributed by atoms with E-state index in [1.54, 1.807) is 19.2 Å². The second kappa shape index (κ2) is 14.2. The van der Waals surface area contributed by atoms with Crippen molar-refractivity contribution in [2.24, 2.45) is 0 Å². The van der Waals surface area contributed by atoms with Crippen LogP contribution in [0.25, 0.3) is 0 Å². The number of ether oxygens (including phenoxy) is 3. The number of aromatic nitrogens is 1. The summed E-state index contributed by atoms with van der Waals surface area (Å²) >= 11 is 1.51. The van der Waals surface area contributed by atoms with Gasteiger partial charge in [0.1, 0.15) is 5.69 Å². The molecule has 0 spiro atoms. The molecule has 224 valence electrons. The summed E-state index contributed by atoms with van der Waals surface area (Å²) in [7, 11) is 4.58. The highest BCUT2D eigenvalue weighted by molar-refractivity contribution is 7.09. The monoisotopic (exact) mass is 599 g/mol. The summed E-state index contributed by atoms with van der Waals surface area (Å²) in [4.78, 5) is 32.9. The van der Waals surface area contributed by atoms with E-state index < -0.39 is 0 Å². The maximum Gasteiger partial charge on any atom is 0.270 e. The summed E-state index contributed by atoms with van der Waals surface area (Å²) in [5, 5.41) is 5.85. The third kappa shape index (κ3) is 6.83. The topological polar surface area (TPSA) is 90.0 Å². The van der Waals surface area contributed by atoms with Gasteiger partial charge in [-0.3, -0.25) is 9.59 Å². The van der Waals surface area contributed by atoms with E-state index >= 15 is 0 Å². The molecule has 0 aliphatic carbocycles. The van der Waals surface area contributed by atoms with Gasteiger partial charge in [-0.2, -0.15) is 0 Å². The van der Waals surface area contributed by atoms with E-state index in [1.165, 1.54) is 36.7 Å². The number of piperidine rings is 1. The Bertz CT molecular complexity index is 1480. The highest BCUT2D eigenvalue weighted by Gasteiger charge is 2.30. The van der Waals surface area contributed by atoms with Gasteiger partial charge in [0, 0.05) is 36.9 Å². The Morgan fingerprint density at radius 1 is 0.884 bits per heavy atom. The Balaban J connectivity index is 1.16. The number of hydrogen-bond donors (Lipinski definition) is 1. The number of nitrogens with one attached hydrogen (secondary N) is 1. The number of likely N-dealkylation sites (tertiary alicyclic amines) is 1. The van der Waals surface area contributed by atoms with Crippen LogP contribution in [0.2, 0.25) is 0 Å². The van der Waals surface area contributed by atoms with Gasteiger partial charge >= 0.3 is 0 Å². The molecule has 0 bridgehead atoms. The van der Waals surface area contributed by atoms with E-state index in [0.29, 0.717) is 48.1 Å². The quantitative estimate of drug-likeness (QED) is 0.223. The van der Waals surface area contributed by atoms with E-state index in [-0.39, 0.29) is 23.7 Å². The number of thiazole rings is 1. The first-order valence-corrected chi connectivity index (χ1v) is 15.3. The first-order valence-electron chi connectivity index (χ1n) is 14.5. The van der Waals surface area contributed by atoms with Gasteiger partial charge in [-0.05, 0) is 42.5 Å². The molecule has 2 heterocycles. The van der Waals surface area contributed by atoms with Crippen LogP contribution >= 0.6 is 11.3 Å². The molecule has 9 heteroatoms. The Labute approximate surface area is 256 Å². The maximum atomic E-state index is 13.4. The molecule has 1 aliphatic heterocycles. The smallest absolute Gasteiger partial charge is 0.270 e. The molecular formula is C34H37N3O5S. The first kappa shape index (κ1) is 30.1. The Hall–Kier alpha value is -4.37. The van der Waals surface area contributed by atoms with Crippen LogP contribution in [0.5, 0.6) is 17.2 Å². The van der Waals surface area contributed by atoms with Gasteiger partial charge in [0.2, 0.25) is 5.75 Å². The average molecular weight is 600 g/mol. The lowest BCUT2D eigenvalue weighted by molar-refractivity contribution is 0.0708. The van der Waals surface area contributed by atoms with Crippen molar-refractivity contribution >= 4 is 23.2 Å². The lowest BCUT2D eigenvalue weighted by Crippen LogP contribution is -2.38. The van der Waals surface area contributed by atoms with Crippen LogP contribution in [-0.2, 0) is 0 Å². The van der Waals surface area contributed by atoms with Crippen LogP contribution in [0, 0.1) is 0 Å². The van der Waals surface area contributed by atoms with Crippen LogP contribution in [0.3, 0.4) is 0 Å². The predicted molar refractivity (Wildman–Crippen MR) is 168 cm³/mol. The molecule has 0 radical (unpaired) electrons. The third-order valence-electron chi connectivity index (χ3n) is 7.94. The minimum atomic E-state index is -0.157. The van der Waals surface area contributed by atoms with Crippen LogP contribution in [0.4, 0.5) is 0 Å². The summed E-state index contributed by atoms with van der Waals surface area (Å²) < 4.78 is 16.3. The third-order valence-corrected chi connectivity index (χ3v) is 8.95. The fraction of sp³-hybridized carbons (Fsp3) is 0.324. The van der Waals surface area contributed by atoms with Crippen molar-refractivity contribution in [2.45, 2.75) is 31.1 Å². The number of benzene rings is 3. The molecular weight excluding hydrogens is 562 g/mol. The number of methoxy groups -OCH3 is 3. The highest BCUT2D eigenvalue weighted by atomic mass is 32.1. The molecule has 0 unspecified atom stereocenters. The number of rotatable bonds is 11. The maximum absolute atomic E-state index is 13.4. The number of amides is 2. The van der Waals surface area contributed by atoms with Crippen LogP contribution in [0.1, 0.15) is 68.1 Å². The minimum Gasteiger partial charge on any atom is -0.493 e. The van der Waals surface area contributed by atoms with Crippen molar-refractivity contribution in [1.82, 2.24) is 15.2 Å².